The van der Waals surface area contributed by atoms with Crippen molar-refractivity contribution in [3.8, 4) is 0 Å². The normalized spacial score (nSPS) is 15.3. The van der Waals surface area contributed by atoms with Crippen molar-refractivity contribution in [3.05, 3.63) is 39.9 Å². The fourth-order valence-corrected chi connectivity index (χ4v) is 4.45. The fourth-order valence-electron chi connectivity index (χ4n) is 3.41. The van der Waals surface area contributed by atoms with Crippen LogP contribution in [0.4, 0.5) is 10.8 Å². The Balaban J connectivity index is 1.52. The number of nitrogens with one attached hydrogen (secondary N) is 1. The molecular formula is C18H19N3O2S. The molecule has 0 unspecified atom stereocenters. The Kier molecular flexibility index (Phi) is 3.84. The Bertz CT molecular complexity index is 806. The summed E-state index contributed by atoms with van der Waals surface area (Å²) in [4.78, 5) is 32.0. The van der Waals surface area contributed by atoms with E-state index in [4.69, 9.17) is 0 Å². The van der Waals surface area contributed by atoms with Gasteiger partial charge in [-0.1, -0.05) is 6.92 Å². The summed E-state index contributed by atoms with van der Waals surface area (Å²) < 4.78 is 0. The van der Waals surface area contributed by atoms with Gasteiger partial charge in [0.05, 0.1) is 5.69 Å². The molecule has 0 radical (unpaired) electrons. The van der Waals surface area contributed by atoms with E-state index in [2.05, 4.69) is 10.3 Å². The van der Waals surface area contributed by atoms with Crippen molar-refractivity contribution in [2.45, 2.75) is 39.0 Å². The molecule has 0 saturated carbocycles. The molecule has 1 aliphatic carbocycles. The molecule has 5 nitrogen and oxygen atoms in total. The molecule has 1 aromatic heterocycles. The number of anilines is 2. The van der Waals surface area contributed by atoms with E-state index in [1.807, 2.05) is 24.0 Å². The number of thiazole rings is 1. The van der Waals surface area contributed by atoms with Gasteiger partial charge >= 0.3 is 0 Å². The molecule has 2 aromatic rings. The molecule has 0 saturated heterocycles. The second-order valence-electron chi connectivity index (χ2n) is 6.19. The number of benzene rings is 1. The summed E-state index contributed by atoms with van der Waals surface area (Å²) in [7, 11) is 0. The van der Waals surface area contributed by atoms with Gasteiger partial charge in [0.25, 0.3) is 5.91 Å². The van der Waals surface area contributed by atoms with Gasteiger partial charge in [-0.25, -0.2) is 4.98 Å². The van der Waals surface area contributed by atoms with Crippen molar-refractivity contribution in [2.75, 3.05) is 16.8 Å². The quantitative estimate of drug-likeness (QED) is 0.932. The monoisotopic (exact) mass is 341 g/mol. The minimum atomic E-state index is -0.134. The van der Waals surface area contributed by atoms with Crippen molar-refractivity contribution in [1.29, 1.82) is 0 Å². The largest absolute Gasteiger partial charge is 0.312 e. The van der Waals surface area contributed by atoms with E-state index in [-0.39, 0.29) is 11.8 Å². The predicted octanol–water partition coefficient (Wildman–Crippen LogP) is 3.18. The summed E-state index contributed by atoms with van der Waals surface area (Å²) in [6.07, 6.45) is 4.55. The van der Waals surface area contributed by atoms with Crippen molar-refractivity contribution in [3.63, 3.8) is 0 Å². The summed E-state index contributed by atoms with van der Waals surface area (Å²) in [6, 6.07) is 5.57. The van der Waals surface area contributed by atoms with E-state index in [1.54, 1.807) is 17.4 Å². The molecule has 2 amide bonds. The van der Waals surface area contributed by atoms with Crippen LogP contribution < -0.4 is 10.2 Å². The highest BCUT2D eigenvalue weighted by Crippen LogP contribution is 2.32. The fraction of sp³-hybridized carbons (Fsp3) is 0.389. The SMILES string of the molecule is CCC(=O)N1CCc2cc(C(=O)Nc3nc4c(s3)CCC4)ccc21. The molecule has 4 rings (SSSR count). The molecule has 0 spiro atoms. The molecule has 0 fully saturated rings. The van der Waals surface area contributed by atoms with Crippen molar-refractivity contribution in [1.82, 2.24) is 4.98 Å². The number of nitrogens with zero attached hydrogens (tertiary/aromatic N) is 2. The van der Waals surface area contributed by atoms with E-state index in [0.717, 1.165) is 36.2 Å². The summed E-state index contributed by atoms with van der Waals surface area (Å²) >= 11 is 1.58. The van der Waals surface area contributed by atoms with Crippen LogP contribution in [0, 0.1) is 0 Å². The number of hydrogen-bond acceptors (Lipinski definition) is 4. The van der Waals surface area contributed by atoms with Crippen LogP contribution in [0.15, 0.2) is 18.2 Å². The van der Waals surface area contributed by atoms with Crippen LogP contribution in [0.5, 0.6) is 0 Å². The highest BCUT2D eigenvalue weighted by Gasteiger charge is 2.25. The zero-order valence-electron chi connectivity index (χ0n) is 13.6. The molecule has 1 aliphatic heterocycles. The van der Waals surface area contributed by atoms with E-state index in [9.17, 15) is 9.59 Å². The van der Waals surface area contributed by atoms with Crippen molar-refractivity contribution < 1.29 is 9.59 Å². The third kappa shape index (κ3) is 2.60. The van der Waals surface area contributed by atoms with Gasteiger partial charge in [0.15, 0.2) is 5.13 Å². The maximum Gasteiger partial charge on any atom is 0.257 e. The standard InChI is InChI=1S/C18H19N3O2S/c1-2-16(22)21-9-8-11-10-12(6-7-14(11)21)17(23)20-18-19-13-4-3-5-15(13)24-18/h6-7,10H,2-5,8-9H2,1H3,(H,19,20,23). The Hall–Kier alpha value is -2.21. The first-order valence-corrected chi connectivity index (χ1v) is 9.20. The van der Waals surface area contributed by atoms with Crippen molar-refractivity contribution >= 4 is 34.0 Å². The van der Waals surface area contributed by atoms with Crippen LogP contribution in [-0.4, -0.2) is 23.3 Å². The first kappa shape index (κ1) is 15.3. The lowest BCUT2D eigenvalue weighted by molar-refractivity contribution is -0.118. The first-order valence-electron chi connectivity index (χ1n) is 8.39. The molecule has 0 atom stereocenters. The van der Waals surface area contributed by atoms with Gasteiger partial charge in [-0.05, 0) is 49.4 Å². The summed E-state index contributed by atoms with van der Waals surface area (Å²) in [5, 5.41) is 3.60. The van der Waals surface area contributed by atoms with Crippen LogP contribution >= 0.6 is 11.3 Å². The molecule has 1 aromatic carbocycles. The third-order valence-electron chi connectivity index (χ3n) is 4.66. The number of rotatable bonds is 3. The van der Waals surface area contributed by atoms with Crippen LogP contribution in [0.3, 0.4) is 0 Å². The number of aromatic nitrogens is 1. The van der Waals surface area contributed by atoms with Gasteiger partial charge in [0.1, 0.15) is 0 Å². The molecule has 1 N–H and O–H groups in total. The first-order chi connectivity index (χ1) is 11.7. The van der Waals surface area contributed by atoms with Gasteiger partial charge in [-0.2, -0.15) is 0 Å². The van der Waals surface area contributed by atoms with Crippen LogP contribution in [0.1, 0.15) is 46.3 Å². The van der Waals surface area contributed by atoms with Crippen LogP contribution in [0.2, 0.25) is 0 Å². The summed E-state index contributed by atoms with van der Waals surface area (Å²) in [5.74, 6) is -0.00579. The summed E-state index contributed by atoms with van der Waals surface area (Å²) in [5.41, 5.74) is 3.76. The second-order valence-corrected chi connectivity index (χ2v) is 7.27. The smallest absolute Gasteiger partial charge is 0.257 e. The zero-order valence-corrected chi connectivity index (χ0v) is 14.4. The molecule has 124 valence electrons. The number of aryl methyl sites for hydroxylation is 2. The molecule has 6 heteroatoms. The highest BCUT2D eigenvalue weighted by molar-refractivity contribution is 7.16. The average Bonchev–Trinajstić information content (AvgIpc) is 3.27. The minimum absolute atomic E-state index is 0.128. The van der Waals surface area contributed by atoms with Gasteiger partial charge in [0, 0.05) is 29.1 Å². The third-order valence-corrected chi connectivity index (χ3v) is 5.73. The van der Waals surface area contributed by atoms with Gasteiger partial charge in [-0.15, -0.1) is 11.3 Å². The molecule has 2 heterocycles. The van der Waals surface area contributed by atoms with E-state index >= 15 is 0 Å². The number of hydrogen-bond donors (Lipinski definition) is 1. The lowest BCUT2D eigenvalue weighted by Crippen LogP contribution is -2.27. The van der Waals surface area contributed by atoms with Gasteiger partial charge < -0.3 is 4.90 Å². The Labute approximate surface area is 144 Å². The second kappa shape index (κ2) is 6.02. The lowest BCUT2D eigenvalue weighted by atomic mass is 10.1. The van der Waals surface area contributed by atoms with E-state index in [0.29, 0.717) is 23.7 Å². The maximum atomic E-state index is 12.5. The summed E-state index contributed by atoms with van der Waals surface area (Å²) in [6.45, 7) is 2.57. The molecule has 0 bridgehead atoms. The number of carbonyl (C=O) groups is 2. The van der Waals surface area contributed by atoms with E-state index in [1.165, 1.54) is 11.3 Å². The average molecular weight is 341 g/mol. The predicted molar refractivity (Wildman–Crippen MR) is 94.9 cm³/mol. The van der Waals surface area contributed by atoms with E-state index < -0.39 is 0 Å². The molecule has 2 aliphatic rings. The Morgan fingerprint density at radius 3 is 2.96 bits per heavy atom. The highest BCUT2D eigenvalue weighted by atomic mass is 32.1. The minimum Gasteiger partial charge on any atom is -0.312 e. The maximum absolute atomic E-state index is 12.5. The zero-order chi connectivity index (χ0) is 16.7. The Morgan fingerprint density at radius 2 is 2.17 bits per heavy atom. The molecular weight excluding hydrogens is 322 g/mol. The van der Waals surface area contributed by atoms with Gasteiger partial charge in [-0.3, -0.25) is 14.9 Å². The van der Waals surface area contributed by atoms with Gasteiger partial charge in [0.2, 0.25) is 5.91 Å². The number of carbonyl (C=O) groups excluding carboxylic acids is 2. The number of fused-ring (bicyclic) bond motifs is 2. The van der Waals surface area contributed by atoms with Crippen LogP contribution in [0.25, 0.3) is 0 Å². The molecule has 24 heavy (non-hydrogen) atoms. The topological polar surface area (TPSA) is 62.3 Å². The van der Waals surface area contributed by atoms with Crippen molar-refractivity contribution in [2.24, 2.45) is 0 Å². The number of amides is 2. The Morgan fingerprint density at radius 1 is 1.29 bits per heavy atom. The lowest BCUT2D eigenvalue weighted by Gasteiger charge is -2.16. The van der Waals surface area contributed by atoms with Crippen LogP contribution in [-0.2, 0) is 24.1 Å².